The molecule has 0 saturated heterocycles. The summed E-state index contributed by atoms with van der Waals surface area (Å²) in [4.78, 5) is 11.1. The molecule has 1 rings (SSSR count). The topological polar surface area (TPSA) is 38.3 Å². The zero-order chi connectivity index (χ0) is 14.1. The van der Waals surface area contributed by atoms with Crippen LogP contribution in [-0.2, 0) is 9.53 Å². The van der Waals surface area contributed by atoms with Gasteiger partial charge in [-0.1, -0.05) is 18.0 Å². The molecule has 106 valence electrons. The summed E-state index contributed by atoms with van der Waals surface area (Å²) in [5, 5.41) is 3.39. The van der Waals surface area contributed by atoms with Gasteiger partial charge in [-0.3, -0.25) is 4.79 Å². The standard InChI is InChI=1S/C14H19ClFNO2/c1-2-19-14(18)6-4-3-5-9-17-13-8-7-11(15)10-12(13)16/h7-8,10,17H,2-6,9H2,1H3. The third-order valence-electron chi connectivity index (χ3n) is 2.61. The first kappa shape index (κ1) is 15.8. The highest BCUT2D eigenvalue weighted by atomic mass is 35.5. The molecule has 0 heterocycles. The second-order valence-corrected chi connectivity index (χ2v) is 4.60. The van der Waals surface area contributed by atoms with E-state index in [9.17, 15) is 9.18 Å². The average Bonchev–Trinajstić information content (AvgIpc) is 2.36. The second kappa shape index (κ2) is 8.75. The first-order valence-electron chi connectivity index (χ1n) is 6.48. The van der Waals surface area contributed by atoms with Crippen LogP contribution in [0.25, 0.3) is 0 Å². The van der Waals surface area contributed by atoms with Gasteiger partial charge in [-0.25, -0.2) is 4.39 Å². The lowest BCUT2D eigenvalue weighted by atomic mass is 10.2. The molecular formula is C14H19ClFNO2. The summed E-state index contributed by atoms with van der Waals surface area (Å²) in [7, 11) is 0. The molecular weight excluding hydrogens is 269 g/mol. The van der Waals surface area contributed by atoms with Crippen molar-refractivity contribution in [1.82, 2.24) is 0 Å². The highest BCUT2D eigenvalue weighted by Gasteiger charge is 2.03. The van der Waals surface area contributed by atoms with Crippen molar-refractivity contribution in [3.63, 3.8) is 0 Å². The third-order valence-corrected chi connectivity index (χ3v) is 2.84. The van der Waals surface area contributed by atoms with Crippen LogP contribution in [0.3, 0.4) is 0 Å². The Hall–Kier alpha value is -1.29. The van der Waals surface area contributed by atoms with Crippen molar-refractivity contribution in [3.05, 3.63) is 29.0 Å². The summed E-state index contributed by atoms with van der Waals surface area (Å²) in [6.45, 7) is 2.89. The van der Waals surface area contributed by atoms with Gasteiger partial charge in [-0.2, -0.15) is 0 Å². The molecule has 0 radical (unpaired) electrons. The lowest BCUT2D eigenvalue weighted by Gasteiger charge is -2.07. The molecule has 0 fully saturated rings. The fourth-order valence-corrected chi connectivity index (χ4v) is 1.82. The van der Waals surface area contributed by atoms with Crippen molar-refractivity contribution in [2.45, 2.75) is 32.6 Å². The molecule has 5 heteroatoms. The lowest BCUT2D eigenvalue weighted by Crippen LogP contribution is -2.05. The van der Waals surface area contributed by atoms with E-state index in [4.69, 9.17) is 16.3 Å². The van der Waals surface area contributed by atoms with Crippen LogP contribution in [0.15, 0.2) is 18.2 Å². The van der Waals surface area contributed by atoms with E-state index in [1.165, 1.54) is 6.07 Å². The number of carbonyl (C=O) groups is 1. The number of benzene rings is 1. The maximum absolute atomic E-state index is 13.4. The number of hydrogen-bond acceptors (Lipinski definition) is 3. The molecule has 1 aromatic carbocycles. The van der Waals surface area contributed by atoms with Crippen molar-refractivity contribution in [3.8, 4) is 0 Å². The van der Waals surface area contributed by atoms with Crippen molar-refractivity contribution in [2.75, 3.05) is 18.5 Å². The van der Waals surface area contributed by atoms with Crippen LogP contribution in [0.2, 0.25) is 5.02 Å². The van der Waals surface area contributed by atoms with E-state index in [1.54, 1.807) is 19.1 Å². The number of esters is 1. The Morgan fingerprint density at radius 3 is 2.84 bits per heavy atom. The smallest absolute Gasteiger partial charge is 0.305 e. The Morgan fingerprint density at radius 1 is 1.37 bits per heavy atom. The van der Waals surface area contributed by atoms with E-state index >= 15 is 0 Å². The third kappa shape index (κ3) is 6.43. The van der Waals surface area contributed by atoms with Gasteiger partial charge in [0.15, 0.2) is 0 Å². The minimum atomic E-state index is -0.348. The summed E-state index contributed by atoms with van der Waals surface area (Å²) in [5.74, 6) is -0.502. The van der Waals surface area contributed by atoms with E-state index in [1.807, 2.05) is 0 Å². The molecule has 19 heavy (non-hydrogen) atoms. The number of nitrogens with one attached hydrogen (secondary N) is 1. The van der Waals surface area contributed by atoms with Gasteiger partial charge >= 0.3 is 5.97 Å². The maximum atomic E-state index is 13.4. The van der Waals surface area contributed by atoms with E-state index < -0.39 is 0 Å². The van der Waals surface area contributed by atoms with E-state index in [2.05, 4.69) is 5.32 Å². The van der Waals surface area contributed by atoms with Crippen LogP contribution in [0.5, 0.6) is 0 Å². The van der Waals surface area contributed by atoms with Crippen molar-refractivity contribution < 1.29 is 13.9 Å². The summed E-state index contributed by atoms with van der Waals surface area (Å²) in [6.07, 6.45) is 3.02. The molecule has 0 aromatic heterocycles. The first-order chi connectivity index (χ1) is 9.13. The monoisotopic (exact) mass is 287 g/mol. The highest BCUT2D eigenvalue weighted by molar-refractivity contribution is 6.30. The molecule has 0 aliphatic carbocycles. The van der Waals surface area contributed by atoms with E-state index in [0.29, 0.717) is 30.3 Å². The molecule has 0 spiro atoms. The Balaban J connectivity index is 2.12. The first-order valence-corrected chi connectivity index (χ1v) is 6.86. The summed E-state index contributed by atoms with van der Waals surface area (Å²) in [5.41, 5.74) is 0.454. The number of rotatable bonds is 8. The average molecular weight is 288 g/mol. The SMILES string of the molecule is CCOC(=O)CCCCCNc1ccc(Cl)cc1F. The fourth-order valence-electron chi connectivity index (χ4n) is 1.66. The van der Waals surface area contributed by atoms with Gasteiger partial charge in [-0.05, 0) is 38.0 Å². The minimum Gasteiger partial charge on any atom is -0.466 e. The second-order valence-electron chi connectivity index (χ2n) is 4.17. The quantitative estimate of drug-likeness (QED) is 0.580. The Morgan fingerprint density at radius 2 is 2.16 bits per heavy atom. The number of unbranched alkanes of at least 4 members (excludes halogenated alkanes) is 2. The van der Waals surface area contributed by atoms with Crippen molar-refractivity contribution in [2.24, 2.45) is 0 Å². The lowest BCUT2D eigenvalue weighted by molar-refractivity contribution is -0.143. The van der Waals surface area contributed by atoms with Crippen LogP contribution in [0.4, 0.5) is 10.1 Å². The predicted molar refractivity (Wildman–Crippen MR) is 75.0 cm³/mol. The molecule has 0 aliphatic rings. The van der Waals surface area contributed by atoms with Crippen LogP contribution in [-0.4, -0.2) is 19.1 Å². The molecule has 0 bridgehead atoms. The number of carbonyl (C=O) groups excluding carboxylic acids is 1. The van der Waals surface area contributed by atoms with Gasteiger partial charge in [0, 0.05) is 18.0 Å². The Kier molecular flexibility index (Phi) is 7.26. The summed E-state index contributed by atoms with van der Waals surface area (Å²) in [6, 6.07) is 4.55. The Labute approximate surface area is 118 Å². The van der Waals surface area contributed by atoms with Crippen molar-refractivity contribution >= 4 is 23.3 Å². The number of hydrogen-bond donors (Lipinski definition) is 1. The number of halogens is 2. The van der Waals surface area contributed by atoms with Gasteiger partial charge in [0.1, 0.15) is 5.82 Å². The van der Waals surface area contributed by atoms with Gasteiger partial charge in [0.05, 0.1) is 12.3 Å². The minimum absolute atomic E-state index is 0.154. The fraction of sp³-hybridized carbons (Fsp3) is 0.500. The molecule has 3 nitrogen and oxygen atoms in total. The number of ether oxygens (including phenoxy) is 1. The van der Waals surface area contributed by atoms with Crippen LogP contribution in [0.1, 0.15) is 32.6 Å². The van der Waals surface area contributed by atoms with Crippen LogP contribution < -0.4 is 5.32 Å². The molecule has 0 amide bonds. The molecule has 1 N–H and O–H groups in total. The summed E-state index contributed by atoms with van der Waals surface area (Å²) < 4.78 is 18.2. The Bertz CT molecular complexity index is 412. The largest absolute Gasteiger partial charge is 0.466 e. The highest BCUT2D eigenvalue weighted by Crippen LogP contribution is 2.18. The molecule has 0 aliphatic heterocycles. The molecule has 0 saturated carbocycles. The molecule has 1 aromatic rings. The molecule has 0 unspecified atom stereocenters. The number of anilines is 1. The van der Waals surface area contributed by atoms with E-state index in [-0.39, 0.29) is 11.8 Å². The van der Waals surface area contributed by atoms with Gasteiger partial charge in [-0.15, -0.1) is 0 Å². The van der Waals surface area contributed by atoms with Gasteiger partial charge in [0.25, 0.3) is 0 Å². The van der Waals surface area contributed by atoms with Gasteiger partial charge < -0.3 is 10.1 Å². The van der Waals surface area contributed by atoms with Crippen LogP contribution >= 0.6 is 11.6 Å². The normalized spacial score (nSPS) is 10.3. The van der Waals surface area contributed by atoms with Gasteiger partial charge in [0.2, 0.25) is 0 Å². The predicted octanol–water partition coefficient (Wildman–Crippen LogP) is 4.01. The van der Waals surface area contributed by atoms with E-state index in [0.717, 1.165) is 19.3 Å². The molecule has 0 atom stereocenters. The zero-order valence-corrected chi connectivity index (χ0v) is 11.8. The van der Waals surface area contributed by atoms with Crippen molar-refractivity contribution in [1.29, 1.82) is 0 Å². The van der Waals surface area contributed by atoms with Crippen LogP contribution in [0, 0.1) is 5.82 Å². The summed E-state index contributed by atoms with van der Waals surface area (Å²) >= 11 is 5.66. The zero-order valence-electron chi connectivity index (χ0n) is 11.0. The maximum Gasteiger partial charge on any atom is 0.305 e.